The second-order valence-corrected chi connectivity index (χ2v) is 7.64. The number of benzene rings is 1. The molecule has 0 saturated carbocycles. The number of carbonyl (C=O) groups is 1. The zero-order chi connectivity index (χ0) is 18.9. The predicted octanol–water partition coefficient (Wildman–Crippen LogP) is 5.05. The zero-order valence-electron chi connectivity index (χ0n) is 13.4. The Morgan fingerprint density at radius 1 is 1.20 bits per heavy atom. The van der Waals surface area contributed by atoms with Crippen LogP contribution in [0.4, 0.5) is 19.4 Å². The van der Waals surface area contributed by atoms with E-state index in [4.69, 9.17) is 4.74 Å². The van der Waals surface area contributed by atoms with E-state index in [0.717, 1.165) is 10.7 Å². The average Bonchev–Trinajstić information content (AvgIpc) is 2.90. The summed E-state index contributed by atoms with van der Waals surface area (Å²) in [6.07, 6.45) is 0.781. The molecule has 2 aromatic rings. The Bertz CT molecular complexity index is 805. The fourth-order valence-electron chi connectivity index (χ4n) is 2.18. The molecule has 0 N–H and O–H groups in total. The van der Waals surface area contributed by atoms with Gasteiger partial charge in [0.2, 0.25) is 0 Å². The van der Waals surface area contributed by atoms with Gasteiger partial charge in [0.1, 0.15) is 4.90 Å². The second-order valence-electron chi connectivity index (χ2n) is 5.23. The van der Waals surface area contributed by atoms with Crippen LogP contribution < -0.4 is 0 Å². The van der Waals surface area contributed by atoms with Crippen molar-refractivity contribution in [1.82, 2.24) is 15.0 Å². The predicted molar refractivity (Wildman–Crippen MR) is 82.7 cm³/mol. The Balaban J connectivity index is 2.59. The number of esters is 1. The Morgan fingerprint density at radius 3 is 2.44 bits per heavy atom. The summed E-state index contributed by atoms with van der Waals surface area (Å²) in [6.45, 7) is 3.44. The molecule has 0 spiro atoms. The molecule has 0 unspecified atom stereocenters. The van der Waals surface area contributed by atoms with Gasteiger partial charge in [0.05, 0.1) is 18.0 Å². The van der Waals surface area contributed by atoms with E-state index in [0.29, 0.717) is 18.6 Å². The van der Waals surface area contributed by atoms with E-state index < -0.39 is 21.1 Å². The van der Waals surface area contributed by atoms with Gasteiger partial charge in [0.15, 0.2) is 5.69 Å². The van der Waals surface area contributed by atoms with Crippen LogP contribution >= 0.6 is 10.2 Å². The van der Waals surface area contributed by atoms with Crippen LogP contribution in [-0.4, -0.2) is 27.6 Å². The van der Waals surface area contributed by atoms with Gasteiger partial charge in [-0.25, -0.2) is 9.48 Å². The minimum Gasteiger partial charge on any atom is -0.461 e. The Hall–Kier alpha value is -2.17. The SMILES string of the molecule is CCCc1c(C(=O)OCC)nnn1-c1cccc(S(F)(F)(F)(F)F)c1. The molecule has 1 heterocycles. The van der Waals surface area contributed by atoms with Crippen molar-refractivity contribution in [3.8, 4) is 5.69 Å². The standard InChI is InChI=1S/C14H16F5N3O2S/c1-3-6-12-13(14(23)24-4-2)20-21-22(12)10-7-5-8-11(9-10)25(15,16,17,18)19/h5,7-9H,3-4,6H2,1-2H3. The molecule has 25 heavy (non-hydrogen) atoms. The maximum absolute atomic E-state index is 13.0. The number of halogens is 5. The van der Waals surface area contributed by atoms with Gasteiger partial charge in [-0.2, -0.15) is 0 Å². The lowest BCUT2D eigenvalue weighted by molar-refractivity contribution is 0.0518. The molecular formula is C14H16F5N3O2S. The van der Waals surface area contributed by atoms with Crippen LogP contribution in [0.1, 0.15) is 36.5 Å². The summed E-state index contributed by atoms with van der Waals surface area (Å²) in [6, 6.07) is 2.62. The molecule has 11 heteroatoms. The van der Waals surface area contributed by atoms with E-state index in [-0.39, 0.29) is 30.1 Å². The normalized spacial score (nSPS) is 14.7. The van der Waals surface area contributed by atoms with Gasteiger partial charge < -0.3 is 4.74 Å². The molecule has 0 aliphatic rings. The van der Waals surface area contributed by atoms with Crippen molar-refractivity contribution in [2.45, 2.75) is 31.6 Å². The average molecular weight is 385 g/mol. The lowest BCUT2D eigenvalue weighted by Gasteiger charge is -2.40. The first-order valence-corrected chi connectivity index (χ1v) is 9.28. The number of hydrogen-bond donors (Lipinski definition) is 0. The highest BCUT2D eigenvalue weighted by Gasteiger charge is 2.65. The minimum absolute atomic E-state index is 0.0803. The van der Waals surface area contributed by atoms with Gasteiger partial charge in [-0.05, 0) is 31.5 Å². The van der Waals surface area contributed by atoms with Crippen molar-refractivity contribution in [3.63, 3.8) is 0 Å². The van der Waals surface area contributed by atoms with Crippen molar-refractivity contribution in [2.24, 2.45) is 0 Å². The van der Waals surface area contributed by atoms with Gasteiger partial charge in [-0.1, -0.05) is 44.1 Å². The Labute approximate surface area is 140 Å². The van der Waals surface area contributed by atoms with E-state index in [1.54, 1.807) is 13.8 Å². The molecule has 0 radical (unpaired) electrons. The van der Waals surface area contributed by atoms with Crippen LogP contribution in [-0.2, 0) is 11.2 Å². The molecule has 0 fully saturated rings. The molecule has 0 aliphatic carbocycles. The zero-order valence-corrected chi connectivity index (χ0v) is 14.2. The topological polar surface area (TPSA) is 57.0 Å². The molecule has 0 bridgehead atoms. The van der Waals surface area contributed by atoms with Crippen molar-refractivity contribution < 1.29 is 29.0 Å². The van der Waals surface area contributed by atoms with Gasteiger partial charge in [0, 0.05) is 0 Å². The molecule has 1 aromatic heterocycles. The van der Waals surface area contributed by atoms with Gasteiger partial charge in [0.25, 0.3) is 0 Å². The smallest absolute Gasteiger partial charge is 0.360 e. The quantitative estimate of drug-likeness (QED) is 0.516. The summed E-state index contributed by atoms with van der Waals surface area (Å²) in [5, 5.41) is 7.28. The number of nitrogens with zero attached hydrogens (tertiary/aromatic N) is 3. The van der Waals surface area contributed by atoms with Crippen LogP contribution in [0.25, 0.3) is 5.69 Å². The van der Waals surface area contributed by atoms with Crippen molar-refractivity contribution in [1.29, 1.82) is 0 Å². The summed E-state index contributed by atoms with van der Waals surface area (Å²) in [7, 11) is -9.83. The highest BCUT2D eigenvalue weighted by atomic mass is 32.5. The highest BCUT2D eigenvalue weighted by Crippen LogP contribution is 3.02. The van der Waals surface area contributed by atoms with Crippen molar-refractivity contribution in [3.05, 3.63) is 35.7 Å². The molecule has 140 valence electrons. The van der Waals surface area contributed by atoms with Crippen molar-refractivity contribution >= 4 is 16.2 Å². The highest BCUT2D eigenvalue weighted by molar-refractivity contribution is 8.45. The maximum Gasteiger partial charge on any atom is 0.360 e. The molecule has 5 nitrogen and oxygen atoms in total. The lowest BCUT2D eigenvalue weighted by atomic mass is 10.2. The molecule has 1 aromatic carbocycles. The molecule has 0 aliphatic heterocycles. The molecule has 0 amide bonds. The van der Waals surface area contributed by atoms with E-state index in [2.05, 4.69) is 10.3 Å². The number of rotatable bonds is 6. The van der Waals surface area contributed by atoms with Gasteiger partial charge in [-0.3, -0.25) is 0 Å². The third-order valence-electron chi connectivity index (χ3n) is 3.23. The van der Waals surface area contributed by atoms with Crippen LogP contribution in [0.3, 0.4) is 0 Å². The van der Waals surface area contributed by atoms with Crippen LogP contribution in [0.5, 0.6) is 0 Å². The third kappa shape index (κ3) is 4.27. The summed E-state index contributed by atoms with van der Waals surface area (Å²) in [5.41, 5.74) is -0.223. The summed E-state index contributed by atoms with van der Waals surface area (Å²) < 4.78 is 70.8. The first kappa shape index (κ1) is 19.2. The number of ether oxygens (including phenoxy) is 1. The summed E-state index contributed by atoms with van der Waals surface area (Å²) in [4.78, 5) is 9.85. The molecule has 0 saturated heterocycles. The first-order chi connectivity index (χ1) is 11.4. The number of aromatic nitrogens is 3. The summed E-state index contributed by atoms with van der Waals surface area (Å²) >= 11 is 0. The monoisotopic (exact) mass is 385 g/mol. The van der Waals surface area contributed by atoms with Crippen molar-refractivity contribution in [2.75, 3.05) is 6.61 Å². The maximum atomic E-state index is 13.0. The lowest BCUT2D eigenvalue weighted by Crippen LogP contribution is -2.11. The van der Waals surface area contributed by atoms with Crippen LogP contribution in [0.15, 0.2) is 29.2 Å². The second kappa shape index (κ2) is 5.68. The fraction of sp³-hybridized carbons (Fsp3) is 0.357. The van der Waals surface area contributed by atoms with Crippen LogP contribution in [0, 0.1) is 0 Å². The molecular weight excluding hydrogens is 369 g/mol. The van der Waals surface area contributed by atoms with E-state index >= 15 is 0 Å². The Morgan fingerprint density at radius 2 is 1.88 bits per heavy atom. The molecule has 2 rings (SSSR count). The molecule has 0 atom stereocenters. The Kier molecular flexibility index (Phi) is 4.35. The van der Waals surface area contributed by atoms with E-state index in [1.807, 2.05) is 0 Å². The number of carbonyl (C=O) groups excluding carboxylic acids is 1. The van der Waals surface area contributed by atoms with Gasteiger partial charge in [-0.15, -0.1) is 5.10 Å². The van der Waals surface area contributed by atoms with E-state index in [9.17, 15) is 24.2 Å². The van der Waals surface area contributed by atoms with Gasteiger partial charge >= 0.3 is 16.2 Å². The third-order valence-corrected chi connectivity index (χ3v) is 4.37. The summed E-state index contributed by atoms with van der Waals surface area (Å²) in [5.74, 6) is -0.777. The van der Waals surface area contributed by atoms with E-state index in [1.165, 1.54) is 6.07 Å². The minimum atomic E-state index is -9.83. The largest absolute Gasteiger partial charge is 0.461 e. The fourth-order valence-corrected chi connectivity index (χ4v) is 2.86. The number of hydrogen-bond acceptors (Lipinski definition) is 4. The first-order valence-electron chi connectivity index (χ1n) is 7.33. The van der Waals surface area contributed by atoms with Crippen LogP contribution in [0.2, 0.25) is 0 Å².